The first-order chi connectivity index (χ1) is 12.2. The first-order valence-corrected chi connectivity index (χ1v) is 8.74. The van der Waals surface area contributed by atoms with Gasteiger partial charge in [0.05, 0.1) is 14.2 Å². The Balaban J connectivity index is 1.62. The van der Waals surface area contributed by atoms with Crippen molar-refractivity contribution >= 4 is 0 Å². The molecule has 1 aromatic heterocycles. The van der Waals surface area contributed by atoms with Crippen LogP contribution in [0.15, 0.2) is 42.7 Å². The minimum Gasteiger partial charge on any atom is -0.493 e. The van der Waals surface area contributed by atoms with Gasteiger partial charge in [0, 0.05) is 31.5 Å². The number of rotatable bonds is 6. The minimum absolute atomic E-state index is 0.169. The number of methoxy groups -OCH3 is 2. The smallest absolute Gasteiger partial charge is 0.203 e. The van der Waals surface area contributed by atoms with Crippen molar-refractivity contribution in [2.75, 3.05) is 27.3 Å². The SMILES string of the molecule is COc1cccc(OC)c1OC1CCN([C@@H](C)c2cccnc2)CC1. The third-order valence-electron chi connectivity index (χ3n) is 4.86. The van der Waals surface area contributed by atoms with Crippen molar-refractivity contribution in [2.24, 2.45) is 0 Å². The second kappa shape index (κ2) is 8.21. The standard InChI is InChI=1S/C20H26N2O3/c1-15(16-6-5-11-21-14-16)22-12-9-17(10-13-22)25-20-18(23-2)7-4-8-19(20)24-3/h4-8,11,14-15,17H,9-10,12-13H2,1-3H3/t15-/m0/s1. The van der Waals surface area contributed by atoms with Crippen molar-refractivity contribution in [3.8, 4) is 17.2 Å². The van der Waals surface area contributed by atoms with Crippen LogP contribution in [-0.4, -0.2) is 43.3 Å². The molecule has 1 fully saturated rings. The highest BCUT2D eigenvalue weighted by Gasteiger charge is 2.26. The maximum atomic E-state index is 6.24. The molecule has 0 saturated carbocycles. The molecule has 1 aromatic carbocycles. The van der Waals surface area contributed by atoms with E-state index in [1.807, 2.05) is 36.7 Å². The summed E-state index contributed by atoms with van der Waals surface area (Å²) in [5, 5.41) is 0. The molecule has 0 aliphatic carbocycles. The molecule has 0 unspecified atom stereocenters. The number of ether oxygens (including phenoxy) is 3. The number of hydrogen-bond acceptors (Lipinski definition) is 5. The second-order valence-corrected chi connectivity index (χ2v) is 6.31. The van der Waals surface area contributed by atoms with Crippen LogP contribution in [-0.2, 0) is 0 Å². The highest BCUT2D eigenvalue weighted by Crippen LogP contribution is 2.38. The molecule has 1 aliphatic heterocycles. The largest absolute Gasteiger partial charge is 0.493 e. The Morgan fingerprint density at radius 3 is 2.28 bits per heavy atom. The molecular formula is C20H26N2O3. The molecule has 0 amide bonds. The Hall–Kier alpha value is -2.27. The van der Waals surface area contributed by atoms with E-state index in [1.54, 1.807) is 14.2 Å². The van der Waals surface area contributed by atoms with Crippen LogP contribution >= 0.6 is 0 Å². The van der Waals surface area contributed by atoms with Crippen molar-refractivity contribution in [3.63, 3.8) is 0 Å². The highest BCUT2D eigenvalue weighted by molar-refractivity contribution is 5.51. The summed E-state index contributed by atoms with van der Waals surface area (Å²) >= 11 is 0. The molecule has 1 atom stereocenters. The third-order valence-corrected chi connectivity index (χ3v) is 4.86. The molecule has 134 valence electrons. The number of nitrogens with zero attached hydrogens (tertiary/aromatic N) is 2. The van der Waals surface area contributed by atoms with Crippen molar-refractivity contribution in [2.45, 2.75) is 31.9 Å². The van der Waals surface area contributed by atoms with E-state index in [9.17, 15) is 0 Å². The summed E-state index contributed by atoms with van der Waals surface area (Å²) in [7, 11) is 3.31. The molecule has 0 radical (unpaired) electrons. The van der Waals surface area contributed by atoms with E-state index >= 15 is 0 Å². The number of piperidine rings is 1. The third kappa shape index (κ3) is 4.04. The lowest BCUT2D eigenvalue weighted by molar-refractivity contribution is 0.0757. The van der Waals surface area contributed by atoms with E-state index in [0.717, 1.165) is 25.9 Å². The van der Waals surface area contributed by atoms with Crippen molar-refractivity contribution in [1.82, 2.24) is 9.88 Å². The quantitative estimate of drug-likeness (QED) is 0.801. The average molecular weight is 342 g/mol. The van der Waals surface area contributed by atoms with Gasteiger partial charge < -0.3 is 14.2 Å². The summed E-state index contributed by atoms with van der Waals surface area (Å²) in [4.78, 5) is 6.71. The van der Waals surface area contributed by atoms with Crippen LogP contribution in [0.4, 0.5) is 0 Å². The average Bonchev–Trinajstić information content (AvgIpc) is 2.69. The topological polar surface area (TPSA) is 43.8 Å². The Labute approximate surface area is 149 Å². The molecule has 1 saturated heterocycles. The van der Waals surface area contributed by atoms with E-state index in [4.69, 9.17) is 14.2 Å². The Morgan fingerprint density at radius 2 is 1.72 bits per heavy atom. The molecule has 2 heterocycles. The van der Waals surface area contributed by atoms with Gasteiger partial charge in [-0.25, -0.2) is 0 Å². The van der Waals surface area contributed by atoms with Gasteiger partial charge >= 0.3 is 0 Å². The first kappa shape index (κ1) is 17.5. The lowest BCUT2D eigenvalue weighted by atomic mass is 10.0. The molecule has 25 heavy (non-hydrogen) atoms. The van der Waals surface area contributed by atoms with Crippen molar-refractivity contribution in [3.05, 3.63) is 48.3 Å². The van der Waals surface area contributed by atoms with Crippen LogP contribution in [0.2, 0.25) is 0 Å². The molecule has 1 aliphatic rings. The van der Waals surface area contributed by atoms with Crippen LogP contribution in [0.25, 0.3) is 0 Å². The van der Waals surface area contributed by atoms with Crippen LogP contribution < -0.4 is 14.2 Å². The van der Waals surface area contributed by atoms with E-state index < -0.39 is 0 Å². The molecule has 0 spiro atoms. The zero-order chi connectivity index (χ0) is 17.6. The maximum Gasteiger partial charge on any atom is 0.203 e. The van der Waals surface area contributed by atoms with Crippen molar-refractivity contribution < 1.29 is 14.2 Å². The lowest BCUT2D eigenvalue weighted by Gasteiger charge is -2.36. The number of pyridine rings is 1. The second-order valence-electron chi connectivity index (χ2n) is 6.31. The van der Waals surface area contributed by atoms with E-state index in [1.165, 1.54) is 5.56 Å². The van der Waals surface area contributed by atoms with Gasteiger partial charge in [-0.15, -0.1) is 0 Å². The molecule has 3 rings (SSSR count). The number of likely N-dealkylation sites (tertiary alicyclic amines) is 1. The van der Waals surface area contributed by atoms with Gasteiger partial charge in [0.1, 0.15) is 6.10 Å². The van der Waals surface area contributed by atoms with E-state index in [2.05, 4.69) is 22.9 Å². The summed E-state index contributed by atoms with van der Waals surface area (Å²) in [6.07, 6.45) is 5.89. The van der Waals surface area contributed by atoms with Gasteiger partial charge in [-0.1, -0.05) is 12.1 Å². The molecule has 5 heteroatoms. The lowest BCUT2D eigenvalue weighted by Crippen LogP contribution is -2.39. The zero-order valence-corrected chi connectivity index (χ0v) is 15.1. The summed E-state index contributed by atoms with van der Waals surface area (Å²) < 4.78 is 17.1. The summed E-state index contributed by atoms with van der Waals surface area (Å²) in [5.74, 6) is 2.13. The van der Waals surface area contributed by atoms with Crippen LogP contribution in [0.1, 0.15) is 31.4 Å². The maximum absolute atomic E-state index is 6.24. The predicted molar refractivity (Wildman–Crippen MR) is 97.4 cm³/mol. The van der Waals surface area contributed by atoms with Gasteiger partial charge in [0.15, 0.2) is 11.5 Å². The summed E-state index contributed by atoms with van der Waals surface area (Å²) in [5.41, 5.74) is 1.26. The Kier molecular flexibility index (Phi) is 5.76. The number of hydrogen-bond donors (Lipinski definition) is 0. The number of aromatic nitrogens is 1. The molecule has 0 bridgehead atoms. The molecule has 0 N–H and O–H groups in total. The van der Waals surface area contributed by atoms with Gasteiger partial charge in [-0.3, -0.25) is 9.88 Å². The normalized spacial score (nSPS) is 17.1. The fraction of sp³-hybridized carbons (Fsp3) is 0.450. The van der Waals surface area contributed by atoms with Crippen LogP contribution in [0.5, 0.6) is 17.2 Å². The van der Waals surface area contributed by atoms with E-state index in [0.29, 0.717) is 23.3 Å². The van der Waals surface area contributed by atoms with E-state index in [-0.39, 0.29) is 6.10 Å². The van der Waals surface area contributed by atoms with Gasteiger partial charge in [0.25, 0.3) is 0 Å². The Bertz CT molecular complexity index is 648. The highest BCUT2D eigenvalue weighted by atomic mass is 16.5. The summed E-state index contributed by atoms with van der Waals surface area (Å²) in [6.45, 7) is 4.23. The zero-order valence-electron chi connectivity index (χ0n) is 15.1. The summed E-state index contributed by atoms with van der Waals surface area (Å²) in [6, 6.07) is 10.2. The number of benzene rings is 1. The monoisotopic (exact) mass is 342 g/mol. The number of para-hydroxylation sites is 1. The molecular weight excluding hydrogens is 316 g/mol. The Morgan fingerprint density at radius 1 is 1.04 bits per heavy atom. The fourth-order valence-corrected chi connectivity index (χ4v) is 3.31. The van der Waals surface area contributed by atoms with Gasteiger partial charge in [-0.2, -0.15) is 0 Å². The van der Waals surface area contributed by atoms with Crippen LogP contribution in [0.3, 0.4) is 0 Å². The van der Waals surface area contributed by atoms with Gasteiger partial charge in [-0.05, 0) is 43.5 Å². The fourth-order valence-electron chi connectivity index (χ4n) is 3.31. The molecule has 2 aromatic rings. The molecule has 5 nitrogen and oxygen atoms in total. The van der Waals surface area contributed by atoms with Crippen molar-refractivity contribution in [1.29, 1.82) is 0 Å². The van der Waals surface area contributed by atoms with Crippen LogP contribution in [0, 0.1) is 0 Å². The predicted octanol–water partition coefficient (Wildman–Crippen LogP) is 3.70. The first-order valence-electron chi connectivity index (χ1n) is 8.74. The van der Waals surface area contributed by atoms with Gasteiger partial charge in [0.2, 0.25) is 5.75 Å². The minimum atomic E-state index is 0.169.